The van der Waals surface area contributed by atoms with Gasteiger partial charge in [0.1, 0.15) is 0 Å². The Balaban J connectivity index is 2.27. The van der Waals surface area contributed by atoms with Crippen LogP contribution < -0.4 is 5.32 Å². The van der Waals surface area contributed by atoms with Gasteiger partial charge in [-0.3, -0.25) is 9.78 Å². The van der Waals surface area contributed by atoms with E-state index in [2.05, 4.69) is 26.2 Å². The Morgan fingerprint density at radius 3 is 3.00 bits per heavy atom. The van der Waals surface area contributed by atoms with Gasteiger partial charge in [0.05, 0.1) is 11.9 Å². The maximum absolute atomic E-state index is 11.3. The zero-order valence-electron chi connectivity index (χ0n) is 7.87. The Morgan fingerprint density at radius 1 is 1.50 bits per heavy atom. The van der Waals surface area contributed by atoms with Crippen LogP contribution in [0.2, 0.25) is 0 Å². The summed E-state index contributed by atoms with van der Waals surface area (Å²) >= 11 is 3.32. The van der Waals surface area contributed by atoms with Gasteiger partial charge >= 0.3 is 0 Å². The molecule has 14 heavy (non-hydrogen) atoms. The van der Waals surface area contributed by atoms with E-state index in [-0.39, 0.29) is 5.91 Å². The van der Waals surface area contributed by atoms with Crippen molar-refractivity contribution in [1.82, 2.24) is 4.98 Å². The molecule has 1 N–H and O–H groups in total. The van der Waals surface area contributed by atoms with Gasteiger partial charge in [0.2, 0.25) is 5.91 Å². The Kier molecular flexibility index (Phi) is 5.22. The summed E-state index contributed by atoms with van der Waals surface area (Å²) in [5, 5.41) is 3.74. The maximum atomic E-state index is 11.3. The Bertz CT molecular complexity index is 277. The smallest absolute Gasteiger partial charge is 0.224 e. The number of nitrogens with one attached hydrogen (secondary N) is 1. The lowest BCUT2D eigenvalue weighted by molar-refractivity contribution is -0.116. The molecule has 0 saturated heterocycles. The SMILES string of the molecule is O=C(CCCCBr)Nc1cccnc1. The van der Waals surface area contributed by atoms with Crippen LogP contribution in [0.3, 0.4) is 0 Å². The van der Waals surface area contributed by atoms with E-state index in [0.717, 1.165) is 23.9 Å². The lowest BCUT2D eigenvalue weighted by atomic mass is 10.2. The zero-order chi connectivity index (χ0) is 10.2. The van der Waals surface area contributed by atoms with E-state index >= 15 is 0 Å². The highest BCUT2D eigenvalue weighted by atomic mass is 79.9. The molecule has 0 aliphatic heterocycles. The average molecular weight is 257 g/mol. The van der Waals surface area contributed by atoms with Crippen molar-refractivity contribution in [3.63, 3.8) is 0 Å². The first kappa shape index (κ1) is 11.2. The fourth-order valence-corrected chi connectivity index (χ4v) is 1.44. The van der Waals surface area contributed by atoms with E-state index in [9.17, 15) is 4.79 Å². The van der Waals surface area contributed by atoms with Crippen LogP contribution in [0.1, 0.15) is 19.3 Å². The number of rotatable bonds is 5. The topological polar surface area (TPSA) is 42.0 Å². The Morgan fingerprint density at radius 2 is 2.36 bits per heavy atom. The number of aromatic nitrogens is 1. The molecule has 0 radical (unpaired) electrons. The molecule has 4 heteroatoms. The molecule has 76 valence electrons. The fourth-order valence-electron chi connectivity index (χ4n) is 1.04. The standard InChI is InChI=1S/C10H13BrN2O/c11-6-2-1-5-10(14)13-9-4-3-7-12-8-9/h3-4,7-8H,1-2,5-6H2,(H,13,14). The minimum atomic E-state index is 0.0546. The van der Waals surface area contributed by atoms with Gasteiger partial charge in [-0.05, 0) is 25.0 Å². The summed E-state index contributed by atoms with van der Waals surface area (Å²) in [5.74, 6) is 0.0546. The predicted octanol–water partition coefficient (Wildman–Crippen LogP) is 2.59. The predicted molar refractivity (Wildman–Crippen MR) is 60.5 cm³/mol. The second-order valence-electron chi connectivity index (χ2n) is 2.94. The van der Waals surface area contributed by atoms with Crippen LogP contribution in [0, 0.1) is 0 Å². The lowest BCUT2D eigenvalue weighted by Crippen LogP contribution is -2.11. The molecule has 0 unspecified atom stereocenters. The van der Waals surface area contributed by atoms with Crippen LogP contribution in [0.4, 0.5) is 5.69 Å². The lowest BCUT2D eigenvalue weighted by Gasteiger charge is -2.03. The van der Waals surface area contributed by atoms with Crippen LogP contribution in [-0.4, -0.2) is 16.2 Å². The van der Waals surface area contributed by atoms with Crippen LogP contribution in [-0.2, 0) is 4.79 Å². The molecule has 0 bridgehead atoms. The molecular weight excluding hydrogens is 244 g/mol. The van der Waals surface area contributed by atoms with Crippen molar-refractivity contribution in [1.29, 1.82) is 0 Å². The Hall–Kier alpha value is -0.900. The van der Waals surface area contributed by atoms with Crippen molar-refractivity contribution in [3.05, 3.63) is 24.5 Å². The summed E-state index contributed by atoms with van der Waals surface area (Å²) in [7, 11) is 0. The Labute approximate surface area is 92.1 Å². The van der Waals surface area contributed by atoms with Gasteiger partial charge in [-0.25, -0.2) is 0 Å². The highest BCUT2D eigenvalue weighted by molar-refractivity contribution is 9.09. The van der Waals surface area contributed by atoms with Gasteiger partial charge < -0.3 is 5.32 Å². The monoisotopic (exact) mass is 256 g/mol. The van der Waals surface area contributed by atoms with Crippen molar-refractivity contribution < 1.29 is 4.79 Å². The van der Waals surface area contributed by atoms with Gasteiger partial charge in [0.25, 0.3) is 0 Å². The summed E-state index contributed by atoms with van der Waals surface area (Å²) in [6.07, 6.45) is 5.83. The highest BCUT2D eigenvalue weighted by Gasteiger charge is 2.00. The third-order valence-electron chi connectivity index (χ3n) is 1.73. The van der Waals surface area contributed by atoms with Gasteiger partial charge in [-0.1, -0.05) is 15.9 Å². The number of carbonyl (C=O) groups excluding carboxylic acids is 1. The van der Waals surface area contributed by atoms with Gasteiger partial charge in [-0.15, -0.1) is 0 Å². The van der Waals surface area contributed by atoms with E-state index in [0.29, 0.717) is 6.42 Å². The number of carbonyl (C=O) groups is 1. The number of hydrogen-bond acceptors (Lipinski definition) is 2. The third-order valence-corrected chi connectivity index (χ3v) is 2.29. The number of nitrogens with zero attached hydrogens (tertiary/aromatic N) is 1. The van der Waals surface area contributed by atoms with Crippen molar-refractivity contribution >= 4 is 27.5 Å². The molecule has 1 rings (SSSR count). The van der Waals surface area contributed by atoms with Crippen molar-refractivity contribution in [2.24, 2.45) is 0 Å². The highest BCUT2D eigenvalue weighted by Crippen LogP contribution is 2.05. The maximum Gasteiger partial charge on any atom is 0.224 e. The molecule has 0 fully saturated rings. The second-order valence-corrected chi connectivity index (χ2v) is 3.73. The second kappa shape index (κ2) is 6.54. The first-order valence-corrected chi connectivity index (χ1v) is 5.71. The number of alkyl halides is 1. The van der Waals surface area contributed by atoms with Crippen molar-refractivity contribution in [2.45, 2.75) is 19.3 Å². The van der Waals surface area contributed by atoms with E-state index in [4.69, 9.17) is 0 Å². The number of pyridine rings is 1. The summed E-state index contributed by atoms with van der Waals surface area (Å²) in [6, 6.07) is 3.63. The minimum Gasteiger partial charge on any atom is -0.325 e. The quantitative estimate of drug-likeness (QED) is 0.650. The summed E-state index contributed by atoms with van der Waals surface area (Å²) < 4.78 is 0. The van der Waals surface area contributed by atoms with Crippen LogP contribution in [0.25, 0.3) is 0 Å². The molecule has 3 nitrogen and oxygen atoms in total. The van der Waals surface area contributed by atoms with E-state index < -0.39 is 0 Å². The van der Waals surface area contributed by atoms with E-state index in [1.807, 2.05) is 6.07 Å². The molecule has 1 aromatic heterocycles. The van der Waals surface area contributed by atoms with Crippen LogP contribution in [0.5, 0.6) is 0 Å². The molecule has 1 heterocycles. The first-order chi connectivity index (χ1) is 6.83. The molecule has 0 aliphatic rings. The number of halogens is 1. The number of unbranched alkanes of at least 4 members (excludes halogenated alkanes) is 1. The van der Waals surface area contributed by atoms with Crippen LogP contribution >= 0.6 is 15.9 Å². The van der Waals surface area contributed by atoms with Crippen molar-refractivity contribution in [3.8, 4) is 0 Å². The number of anilines is 1. The summed E-state index contributed by atoms with van der Waals surface area (Å²) in [6.45, 7) is 0. The summed E-state index contributed by atoms with van der Waals surface area (Å²) in [4.78, 5) is 15.2. The molecule has 0 saturated carbocycles. The molecule has 0 spiro atoms. The molecule has 1 amide bonds. The fraction of sp³-hybridized carbons (Fsp3) is 0.400. The zero-order valence-corrected chi connectivity index (χ0v) is 9.46. The molecule has 0 aromatic carbocycles. The molecular formula is C10H13BrN2O. The van der Waals surface area contributed by atoms with E-state index in [1.54, 1.807) is 18.5 Å². The largest absolute Gasteiger partial charge is 0.325 e. The third kappa shape index (κ3) is 4.37. The summed E-state index contributed by atoms with van der Waals surface area (Å²) in [5.41, 5.74) is 0.761. The first-order valence-electron chi connectivity index (χ1n) is 4.59. The van der Waals surface area contributed by atoms with Gasteiger partial charge in [0.15, 0.2) is 0 Å². The van der Waals surface area contributed by atoms with Gasteiger partial charge in [-0.2, -0.15) is 0 Å². The van der Waals surface area contributed by atoms with Crippen LogP contribution in [0.15, 0.2) is 24.5 Å². The average Bonchev–Trinajstić information content (AvgIpc) is 2.20. The van der Waals surface area contributed by atoms with Crippen molar-refractivity contribution in [2.75, 3.05) is 10.6 Å². The van der Waals surface area contributed by atoms with Gasteiger partial charge in [0, 0.05) is 17.9 Å². The normalized spacial score (nSPS) is 9.79. The molecule has 0 aliphatic carbocycles. The minimum absolute atomic E-state index is 0.0546. The number of hydrogen-bond donors (Lipinski definition) is 1. The molecule has 0 atom stereocenters. The molecule has 1 aromatic rings. The van der Waals surface area contributed by atoms with E-state index in [1.165, 1.54) is 0 Å². The number of amides is 1.